The van der Waals surface area contributed by atoms with E-state index in [9.17, 15) is 34.1 Å². The van der Waals surface area contributed by atoms with Crippen LogP contribution in [-0.4, -0.2) is 72.4 Å². The molecule has 62 heavy (non-hydrogen) atoms. The molecule has 1 saturated heterocycles. The van der Waals surface area contributed by atoms with Crippen molar-refractivity contribution in [3.63, 3.8) is 0 Å². The molecule has 4 heterocycles. The van der Waals surface area contributed by atoms with E-state index in [1.807, 2.05) is 6.92 Å². The molecule has 1 fully saturated rings. The van der Waals surface area contributed by atoms with Crippen molar-refractivity contribution in [3.05, 3.63) is 82.3 Å². The number of phenols is 1. The monoisotopic (exact) mass is 990 g/mol. The third-order valence-electron chi connectivity index (χ3n) is 10.2. The van der Waals surface area contributed by atoms with Crippen LogP contribution in [0.3, 0.4) is 0 Å². The first-order valence-corrected chi connectivity index (χ1v) is 22.4. The number of carboxylic acids is 1. The molecule has 2 aromatic carbocycles. The molecule has 4 atom stereocenters. The van der Waals surface area contributed by atoms with Gasteiger partial charge < -0.3 is 35.3 Å². The topological polar surface area (TPSA) is 251 Å². The maximum atomic E-state index is 13.6. The number of fused-ring (bicyclic) bond motifs is 3. The number of aromatic carboxylic acids is 1. The smallest absolute Gasteiger partial charge is 0.472 e. The summed E-state index contributed by atoms with van der Waals surface area (Å²) in [4.78, 5) is 61.8. The fourth-order valence-corrected chi connectivity index (χ4v) is 9.46. The quantitative estimate of drug-likeness (QED) is 0.0365. The van der Waals surface area contributed by atoms with E-state index >= 15 is 0 Å². The van der Waals surface area contributed by atoms with Gasteiger partial charge in [-0.3, -0.25) is 23.2 Å². The van der Waals surface area contributed by atoms with Crippen molar-refractivity contribution in [2.45, 2.75) is 51.4 Å². The van der Waals surface area contributed by atoms with Gasteiger partial charge in [-0.2, -0.15) is 0 Å². The van der Waals surface area contributed by atoms with Crippen molar-refractivity contribution in [3.8, 4) is 28.2 Å². The molecule has 6 N–H and O–H groups in total. The molecule has 2 unspecified atom stereocenters. The number of benzene rings is 3. The summed E-state index contributed by atoms with van der Waals surface area (Å²) in [5.74, 6) is -2.88. The highest BCUT2D eigenvalue weighted by molar-refractivity contribution is 7.47. The number of nitrogens with zero attached hydrogens (tertiary/aromatic N) is 4. The van der Waals surface area contributed by atoms with Gasteiger partial charge in [-0.1, -0.05) is 89.4 Å². The standard InChI is InChI=1S/C38H33Cl6N6O11P/c1-15-8-23(50-14-49-30-35(45)47-13-48-36(30)50)60-22(15)12-59-62(56,57)58-7-5-3-2-4-6-46-37(53)18-11-19(39)25(38(54)55)26(27(18)42)24-16-9-20(40)31(51)28(43)33(16)61-34-17(24)10-21(41)32(52)29(34)44/h9-11,13-15,22-23,51H,2-8,12H2,1H3,(H,46,53)(H,54,55)(H,56,57)(H2,45,47,48)/t15?,22-,23-/m1/s1. The Kier molecular flexibility index (Phi) is 13.8. The average molecular weight is 993 g/mol. The number of imidazole rings is 1. The van der Waals surface area contributed by atoms with Crippen LogP contribution < -0.4 is 16.5 Å². The number of nitrogen functional groups attached to an aromatic ring is 1. The molecule has 4 aromatic rings. The maximum absolute atomic E-state index is 13.6. The number of aromatic nitrogens is 4. The number of carboxylic acid groups (broad SMARTS) is 1. The number of carbonyl (C=O) groups excluding carboxylic acids is 1. The lowest BCUT2D eigenvalue weighted by Gasteiger charge is -2.21. The summed E-state index contributed by atoms with van der Waals surface area (Å²) < 4.78 is 36.8. The zero-order valence-electron chi connectivity index (χ0n) is 32.0. The van der Waals surface area contributed by atoms with E-state index in [1.54, 1.807) is 10.9 Å². The van der Waals surface area contributed by atoms with Crippen molar-refractivity contribution in [1.29, 1.82) is 0 Å². The normalized spacial score (nSPS) is 17.6. The summed E-state index contributed by atoms with van der Waals surface area (Å²) in [5.41, 5.74) is 4.70. The van der Waals surface area contributed by atoms with Crippen molar-refractivity contribution in [1.82, 2.24) is 24.8 Å². The molecule has 0 saturated carbocycles. The molecule has 2 aromatic heterocycles. The average Bonchev–Trinajstić information content (AvgIpc) is 3.83. The molecular formula is C38H33Cl6N6O11P. The molecule has 1 amide bonds. The predicted octanol–water partition coefficient (Wildman–Crippen LogP) is 9.66. The third-order valence-corrected chi connectivity index (χ3v) is 13.1. The number of anilines is 1. The first kappa shape index (κ1) is 46.0. The Morgan fingerprint density at radius 3 is 2.45 bits per heavy atom. The molecule has 0 spiro atoms. The summed E-state index contributed by atoms with van der Waals surface area (Å²) in [6.07, 6.45) is 4.54. The Labute approximate surface area is 380 Å². The highest BCUT2D eigenvalue weighted by atomic mass is 35.5. The predicted molar refractivity (Wildman–Crippen MR) is 233 cm³/mol. The molecule has 2 aliphatic heterocycles. The summed E-state index contributed by atoms with van der Waals surface area (Å²) in [7, 11) is -4.40. The molecule has 0 radical (unpaired) electrons. The van der Waals surface area contributed by atoms with Crippen molar-refractivity contribution >= 4 is 117 Å². The van der Waals surface area contributed by atoms with Gasteiger partial charge in [0.15, 0.2) is 28.6 Å². The Balaban J connectivity index is 0.965. The van der Waals surface area contributed by atoms with Crippen LogP contribution in [-0.2, 0) is 18.3 Å². The minimum atomic E-state index is -4.40. The lowest BCUT2D eigenvalue weighted by molar-refractivity contribution is -0.0291. The van der Waals surface area contributed by atoms with Crippen molar-refractivity contribution in [2.75, 3.05) is 25.5 Å². The number of nitrogens with two attached hydrogens (primary N) is 1. The van der Waals surface area contributed by atoms with Crippen LogP contribution in [0.25, 0.3) is 44.6 Å². The second-order valence-corrected chi connectivity index (χ2v) is 18.0. The SMILES string of the molecule is CC1C[C@H](n2cnc3c(N)ncnc32)O[C@@H]1COP(=O)(O)OCCCCCCNC(=O)c1cc(Cl)c(C(=O)O)c(-c2c3cc(Cl)c(=O)c(Cl)c-3oc3c(Cl)c(O)c(Cl)cc23)c1Cl. The van der Waals surface area contributed by atoms with E-state index in [-0.39, 0.29) is 90.6 Å². The number of ether oxygens (including phenoxy) is 1. The number of hydrogen-bond acceptors (Lipinski definition) is 13. The third kappa shape index (κ3) is 9.04. The van der Waals surface area contributed by atoms with E-state index < -0.39 is 58.8 Å². The van der Waals surface area contributed by atoms with Crippen molar-refractivity contribution < 1.29 is 47.5 Å². The van der Waals surface area contributed by atoms with Gasteiger partial charge in [-0.05, 0) is 43.4 Å². The lowest BCUT2D eigenvalue weighted by Crippen LogP contribution is -2.25. The van der Waals surface area contributed by atoms with Crippen molar-refractivity contribution in [2.24, 2.45) is 5.92 Å². The Morgan fingerprint density at radius 2 is 1.71 bits per heavy atom. The molecular weight excluding hydrogens is 960 g/mol. The number of unbranched alkanes of at least 4 members (excludes halogenated alkanes) is 3. The molecule has 1 aliphatic carbocycles. The van der Waals surface area contributed by atoms with Crippen LogP contribution in [0.4, 0.5) is 5.82 Å². The fourth-order valence-electron chi connectivity index (χ4n) is 7.09. The second-order valence-electron chi connectivity index (χ2n) is 14.2. The summed E-state index contributed by atoms with van der Waals surface area (Å²) >= 11 is 38.7. The van der Waals surface area contributed by atoms with Gasteiger partial charge in [0.25, 0.3) is 5.91 Å². The van der Waals surface area contributed by atoms with Crippen LogP contribution in [0.2, 0.25) is 30.1 Å². The van der Waals surface area contributed by atoms with Gasteiger partial charge in [0.2, 0.25) is 5.43 Å². The number of phosphoric ester groups is 1. The van der Waals surface area contributed by atoms with E-state index in [4.69, 9.17) is 93.5 Å². The van der Waals surface area contributed by atoms with E-state index in [0.717, 1.165) is 6.07 Å². The molecule has 17 nitrogen and oxygen atoms in total. The Hall–Kier alpha value is -3.97. The number of rotatable bonds is 15. The number of aromatic hydroxyl groups is 1. The summed E-state index contributed by atoms with van der Waals surface area (Å²) in [5, 5.41) is 21.4. The minimum absolute atomic E-state index is 0.00930. The second kappa shape index (κ2) is 18.6. The number of amides is 1. The first-order valence-electron chi connectivity index (χ1n) is 18.6. The van der Waals surface area contributed by atoms with E-state index in [2.05, 4.69) is 20.3 Å². The Morgan fingerprint density at radius 1 is 0.968 bits per heavy atom. The molecule has 3 aliphatic rings. The highest BCUT2D eigenvalue weighted by Gasteiger charge is 2.37. The van der Waals surface area contributed by atoms with Crippen LogP contribution in [0.5, 0.6) is 5.75 Å². The first-order chi connectivity index (χ1) is 29.4. The maximum Gasteiger partial charge on any atom is 0.472 e. The van der Waals surface area contributed by atoms with Gasteiger partial charge in [0, 0.05) is 28.6 Å². The zero-order valence-corrected chi connectivity index (χ0v) is 37.4. The largest absolute Gasteiger partial charge is 0.505 e. The van der Waals surface area contributed by atoms with Gasteiger partial charge in [0.05, 0.1) is 56.9 Å². The van der Waals surface area contributed by atoms with Crippen LogP contribution >= 0.6 is 77.4 Å². The molecule has 0 bridgehead atoms. The molecule has 24 heteroatoms. The molecule has 7 rings (SSSR count). The molecule has 328 valence electrons. The minimum Gasteiger partial charge on any atom is -0.505 e. The highest BCUT2D eigenvalue weighted by Crippen LogP contribution is 2.52. The number of nitrogens with one attached hydrogen (secondary N) is 1. The van der Waals surface area contributed by atoms with Gasteiger partial charge in [-0.15, -0.1) is 0 Å². The number of halogens is 6. The number of hydrogen-bond donors (Lipinski definition) is 5. The van der Waals surface area contributed by atoms with Gasteiger partial charge in [0.1, 0.15) is 28.1 Å². The van der Waals surface area contributed by atoms with Crippen LogP contribution in [0, 0.1) is 5.92 Å². The number of carbonyl (C=O) groups is 2. The number of phosphoric acid groups is 1. The Bertz CT molecular complexity index is 2840. The fraction of sp³-hybridized carbons (Fsp3) is 0.316. The summed E-state index contributed by atoms with van der Waals surface area (Å²) in [6, 6.07) is 3.50. The lowest BCUT2D eigenvalue weighted by atomic mass is 9.89. The van der Waals surface area contributed by atoms with Crippen LogP contribution in [0.15, 0.2) is 40.1 Å². The zero-order chi connectivity index (χ0) is 44.8. The van der Waals surface area contributed by atoms with Crippen LogP contribution in [0.1, 0.15) is 66.0 Å². The van der Waals surface area contributed by atoms with E-state index in [0.29, 0.717) is 43.3 Å². The van der Waals surface area contributed by atoms with Gasteiger partial charge in [-0.25, -0.2) is 24.3 Å². The number of phenolic OH excluding ortho intramolecular Hbond substituents is 1. The van der Waals surface area contributed by atoms with E-state index in [1.165, 1.54) is 18.5 Å². The summed E-state index contributed by atoms with van der Waals surface area (Å²) in [6.45, 7) is 1.83. The van der Waals surface area contributed by atoms with Gasteiger partial charge >= 0.3 is 13.8 Å².